The number of amides is 1. The molecule has 1 N–H and O–H groups in total. The van der Waals surface area contributed by atoms with E-state index in [1.165, 1.54) is 18.4 Å². The van der Waals surface area contributed by atoms with Crippen molar-refractivity contribution in [3.8, 4) is 5.75 Å². The van der Waals surface area contributed by atoms with Crippen LogP contribution < -0.4 is 10.1 Å². The Bertz CT molecular complexity index is 829. The number of likely N-dealkylation sites (tertiary alicyclic amines) is 1. The lowest BCUT2D eigenvalue weighted by molar-refractivity contribution is 0.0773. The molecular formula is C25H35N3O2. The molecule has 1 amide bonds. The van der Waals surface area contributed by atoms with Gasteiger partial charge in [-0.2, -0.15) is 0 Å². The van der Waals surface area contributed by atoms with Crippen molar-refractivity contribution in [2.24, 2.45) is 0 Å². The quantitative estimate of drug-likeness (QED) is 0.645. The fraction of sp³-hybridized carbons (Fsp3) is 0.480. The van der Waals surface area contributed by atoms with Crippen LogP contribution in [0.3, 0.4) is 0 Å². The van der Waals surface area contributed by atoms with Crippen LogP contribution in [-0.4, -0.2) is 55.0 Å². The molecule has 0 radical (unpaired) electrons. The number of rotatable bonds is 9. The zero-order valence-corrected chi connectivity index (χ0v) is 18.7. The van der Waals surface area contributed by atoms with Crippen LogP contribution in [0.4, 0.5) is 5.69 Å². The van der Waals surface area contributed by atoms with Gasteiger partial charge in [-0.05, 0) is 82.6 Å². The Labute approximate surface area is 181 Å². The maximum Gasteiger partial charge on any atom is 0.253 e. The Hall–Kier alpha value is -2.53. The van der Waals surface area contributed by atoms with Crippen LogP contribution in [0.15, 0.2) is 48.5 Å². The minimum Gasteiger partial charge on any atom is -0.497 e. The Kier molecular flexibility index (Phi) is 7.75. The van der Waals surface area contributed by atoms with Gasteiger partial charge in [-0.3, -0.25) is 9.69 Å². The van der Waals surface area contributed by atoms with Crippen LogP contribution in [0.1, 0.15) is 55.6 Å². The summed E-state index contributed by atoms with van der Waals surface area (Å²) in [5.74, 6) is 0.938. The molecular weight excluding hydrogens is 374 g/mol. The maximum absolute atomic E-state index is 12.8. The molecule has 1 saturated heterocycles. The van der Waals surface area contributed by atoms with E-state index in [0.29, 0.717) is 19.1 Å². The molecule has 2 aromatic rings. The van der Waals surface area contributed by atoms with E-state index in [9.17, 15) is 4.79 Å². The fourth-order valence-corrected chi connectivity index (χ4v) is 4.29. The van der Waals surface area contributed by atoms with Gasteiger partial charge < -0.3 is 15.0 Å². The van der Waals surface area contributed by atoms with Crippen molar-refractivity contribution in [1.29, 1.82) is 0 Å². The highest BCUT2D eigenvalue weighted by Gasteiger charge is 2.27. The molecule has 0 spiro atoms. The maximum atomic E-state index is 12.8. The second-order valence-electron chi connectivity index (χ2n) is 7.94. The van der Waals surface area contributed by atoms with Gasteiger partial charge in [0.05, 0.1) is 13.2 Å². The van der Waals surface area contributed by atoms with Crippen LogP contribution in [0.2, 0.25) is 0 Å². The molecule has 162 valence electrons. The third-order valence-electron chi connectivity index (χ3n) is 6.13. The molecule has 1 fully saturated rings. The number of ether oxygens (including phenoxy) is 1. The average Bonchev–Trinajstić information content (AvgIpc) is 3.33. The minimum atomic E-state index is 0.0779. The minimum absolute atomic E-state index is 0.0779. The summed E-state index contributed by atoms with van der Waals surface area (Å²) in [5.41, 5.74) is 2.88. The number of hydrogen-bond acceptors (Lipinski definition) is 4. The molecule has 0 bridgehead atoms. The van der Waals surface area contributed by atoms with Crippen LogP contribution in [0, 0.1) is 0 Å². The summed E-state index contributed by atoms with van der Waals surface area (Å²) < 4.78 is 5.47. The van der Waals surface area contributed by atoms with Gasteiger partial charge in [-0.25, -0.2) is 0 Å². The van der Waals surface area contributed by atoms with Crippen LogP contribution >= 0.6 is 0 Å². The lowest BCUT2D eigenvalue weighted by Gasteiger charge is -2.33. The van der Waals surface area contributed by atoms with Gasteiger partial charge in [-0.15, -0.1) is 0 Å². The molecule has 0 aromatic heterocycles. The van der Waals surface area contributed by atoms with E-state index in [1.807, 2.05) is 55.1 Å². The van der Waals surface area contributed by atoms with Gasteiger partial charge in [0.15, 0.2) is 0 Å². The second kappa shape index (κ2) is 10.5. The molecule has 1 aliphatic heterocycles. The SMILES string of the molecule is CCN(CC)C(=O)c1cccc(NC(c2cccc(OC)c2)C(C)N2CCCC2)c1. The van der Waals surface area contributed by atoms with Crippen molar-refractivity contribution in [3.05, 3.63) is 59.7 Å². The van der Waals surface area contributed by atoms with E-state index in [-0.39, 0.29) is 11.9 Å². The standard InChI is InChI=1S/C25H35N3O2/c1-5-27(6-2)25(29)21-12-9-13-22(17-21)26-24(19(3)28-15-7-8-16-28)20-11-10-14-23(18-20)30-4/h9-14,17-19,24,26H,5-8,15-16H2,1-4H3. The van der Waals surface area contributed by atoms with Crippen LogP contribution in [-0.2, 0) is 0 Å². The Balaban J connectivity index is 1.89. The normalized spacial score (nSPS) is 16.1. The summed E-state index contributed by atoms with van der Waals surface area (Å²) in [6, 6.07) is 16.6. The summed E-state index contributed by atoms with van der Waals surface area (Å²) >= 11 is 0. The Morgan fingerprint density at radius 1 is 1.10 bits per heavy atom. The lowest BCUT2D eigenvalue weighted by Crippen LogP contribution is -2.38. The predicted octanol–water partition coefficient (Wildman–Crippen LogP) is 4.81. The lowest BCUT2D eigenvalue weighted by atomic mass is 9.98. The number of nitrogens with zero attached hydrogens (tertiary/aromatic N) is 2. The number of hydrogen-bond donors (Lipinski definition) is 1. The van der Waals surface area contributed by atoms with E-state index in [1.54, 1.807) is 7.11 Å². The first kappa shape index (κ1) is 22.2. The summed E-state index contributed by atoms with van der Waals surface area (Å²) in [6.45, 7) is 10.00. The van der Waals surface area contributed by atoms with Gasteiger partial charge in [0.2, 0.25) is 0 Å². The molecule has 0 saturated carbocycles. The van der Waals surface area contributed by atoms with Crippen molar-refractivity contribution in [1.82, 2.24) is 9.80 Å². The summed E-state index contributed by atoms with van der Waals surface area (Å²) in [7, 11) is 1.70. The third-order valence-corrected chi connectivity index (χ3v) is 6.13. The Morgan fingerprint density at radius 2 is 1.80 bits per heavy atom. The average molecular weight is 410 g/mol. The van der Waals surface area contributed by atoms with E-state index in [2.05, 4.69) is 29.3 Å². The highest BCUT2D eigenvalue weighted by atomic mass is 16.5. The number of carbonyl (C=O) groups is 1. The highest BCUT2D eigenvalue weighted by molar-refractivity contribution is 5.95. The zero-order chi connectivity index (χ0) is 21.5. The fourth-order valence-electron chi connectivity index (χ4n) is 4.29. The summed E-state index contributed by atoms with van der Waals surface area (Å²) in [6.07, 6.45) is 2.51. The second-order valence-corrected chi connectivity index (χ2v) is 7.94. The number of nitrogens with one attached hydrogen (secondary N) is 1. The molecule has 5 nitrogen and oxygen atoms in total. The first-order chi connectivity index (χ1) is 14.6. The zero-order valence-electron chi connectivity index (χ0n) is 18.7. The first-order valence-electron chi connectivity index (χ1n) is 11.1. The topological polar surface area (TPSA) is 44.8 Å². The van der Waals surface area contributed by atoms with Crippen molar-refractivity contribution in [2.45, 2.75) is 45.7 Å². The van der Waals surface area contributed by atoms with E-state index in [0.717, 1.165) is 30.1 Å². The number of benzene rings is 2. The molecule has 2 unspecified atom stereocenters. The largest absolute Gasteiger partial charge is 0.497 e. The third kappa shape index (κ3) is 5.14. The molecule has 30 heavy (non-hydrogen) atoms. The van der Waals surface area contributed by atoms with Crippen molar-refractivity contribution < 1.29 is 9.53 Å². The van der Waals surface area contributed by atoms with Crippen molar-refractivity contribution in [2.75, 3.05) is 38.6 Å². The van der Waals surface area contributed by atoms with Crippen molar-refractivity contribution >= 4 is 11.6 Å². The molecule has 2 aromatic carbocycles. The highest BCUT2D eigenvalue weighted by Crippen LogP contribution is 2.30. The van der Waals surface area contributed by atoms with Gasteiger partial charge in [0, 0.05) is 30.4 Å². The van der Waals surface area contributed by atoms with E-state index in [4.69, 9.17) is 4.74 Å². The monoisotopic (exact) mass is 409 g/mol. The summed E-state index contributed by atoms with van der Waals surface area (Å²) in [5, 5.41) is 3.73. The van der Waals surface area contributed by atoms with E-state index < -0.39 is 0 Å². The predicted molar refractivity (Wildman–Crippen MR) is 123 cm³/mol. The number of carbonyl (C=O) groups excluding carboxylic acids is 1. The number of methoxy groups -OCH3 is 1. The van der Waals surface area contributed by atoms with Crippen molar-refractivity contribution in [3.63, 3.8) is 0 Å². The number of anilines is 1. The molecule has 0 aliphatic carbocycles. The smallest absolute Gasteiger partial charge is 0.253 e. The Morgan fingerprint density at radius 3 is 2.47 bits per heavy atom. The van der Waals surface area contributed by atoms with Gasteiger partial charge in [0.1, 0.15) is 5.75 Å². The molecule has 5 heteroatoms. The van der Waals surface area contributed by atoms with Gasteiger partial charge >= 0.3 is 0 Å². The first-order valence-corrected chi connectivity index (χ1v) is 11.1. The molecule has 2 atom stereocenters. The van der Waals surface area contributed by atoms with Gasteiger partial charge in [-0.1, -0.05) is 18.2 Å². The summed E-state index contributed by atoms with van der Waals surface area (Å²) in [4.78, 5) is 17.2. The molecule has 1 heterocycles. The molecule has 1 aliphatic rings. The van der Waals surface area contributed by atoms with Crippen LogP contribution in [0.25, 0.3) is 0 Å². The molecule has 3 rings (SSSR count). The van der Waals surface area contributed by atoms with E-state index >= 15 is 0 Å². The van der Waals surface area contributed by atoms with Gasteiger partial charge in [0.25, 0.3) is 5.91 Å². The van der Waals surface area contributed by atoms with Crippen LogP contribution in [0.5, 0.6) is 5.75 Å².